The number of hydrogen-bond acceptors (Lipinski definition) is 4. The van der Waals surface area contributed by atoms with Crippen LogP contribution in [0.2, 0.25) is 0 Å². The summed E-state index contributed by atoms with van der Waals surface area (Å²) in [4.78, 5) is 26.1. The largest absolute Gasteiger partial charge is 0.465 e. The monoisotopic (exact) mass is 462 g/mol. The van der Waals surface area contributed by atoms with E-state index in [1.54, 1.807) is 0 Å². The molecule has 0 radical (unpaired) electrons. The summed E-state index contributed by atoms with van der Waals surface area (Å²) in [5.74, 6) is 1.95. The molecule has 0 bridgehead atoms. The molecule has 0 spiro atoms. The van der Waals surface area contributed by atoms with Gasteiger partial charge in [-0.15, -0.1) is 0 Å². The van der Waals surface area contributed by atoms with E-state index in [-0.39, 0.29) is 29.7 Å². The van der Waals surface area contributed by atoms with E-state index < -0.39 is 0 Å². The van der Waals surface area contributed by atoms with Crippen LogP contribution < -0.4 is 0 Å². The number of ether oxygens (including phenoxy) is 2. The zero-order chi connectivity index (χ0) is 23.6. The van der Waals surface area contributed by atoms with Crippen molar-refractivity contribution in [2.75, 3.05) is 13.2 Å². The first-order valence-corrected chi connectivity index (χ1v) is 14.3. The average Bonchev–Trinajstić information content (AvgIpc) is 2.83. The van der Waals surface area contributed by atoms with Crippen molar-refractivity contribution in [1.29, 1.82) is 0 Å². The summed E-state index contributed by atoms with van der Waals surface area (Å²) in [7, 11) is 0. The molecule has 0 amide bonds. The molecule has 0 heterocycles. The standard InChI is InChI=1S/C29H50O4/c1-4-7-22-11-15-24(16-12-22)19-32-28(30)26-10-6-9-21(3)27(26)29(31)33-20-25-17-13-23(8-5-2)14-18-25/h21-27H,4-20H2,1-3H3. The molecule has 4 heteroatoms. The van der Waals surface area contributed by atoms with Gasteiger partial charge in [-0.3, -0.25) is 9.59 Å². The van der Waals surface area contributed by atoms with E-state index in [0.717, 1.165) is 31.1 Å². The van der Waals surface area contributed by atoms with Crippen LogP contribution in [0, 0.1) is 41.4 Å². The van der Waals surface area contributed by atoms with Gasteiger partial charge in [0.15, 0.2) is 0 Å². The highest BCUT2D eigenvalue weighted by atomic mass is 16.5. The number of hydrogen-bond donors (Lipinski definition) is 0. The van der Waals surface area contributed by atoms with Crippen LogP contribution in [0.25, 0.3) is 0 Å². The molecule has 3 fully saturated rings. The summed E-state index contributed by atoms with van der Waals surface area (Å²) in [5.41, 5.74) is 0. The van der Waals surface area contributed by atoms with Crippen molar-refractivity contribution in [3.63, 3.8) is 0 Å². The fourth-order valence-corrected chi connectivity index (χ4v) is 6.87. The SMILES string of the molecule is CCCC1CCC(COC(=O)C2CCCC(C)C2C(=O)OCC2CCC(CCC)CC2)CC1. The number of carbonyl (C=O) groups excluding carboxylic acids is 2. The van der Waals surface area contributed by atoms with Crippen LogP contribution in [0.4, 0.5) is 0 Å². The highest BCUT2D eigenvalue weighted by Gasteiger charge is 2.42. The molecule has 3 unspecified atom stereocenters. The minimum absolute atomic E-state index is 0.153. The Bertz CT molecular complexity index is 586. The van der Waals surface area contributed by atoms with Gasteiger partial charge in [-0.25, -0.2) is 0 Å². The molecule has 3 saturated carbocycles. The Labute approximate surface area is 202 Å². The van der Waals surface area contributed by atoms with Crippen LogP contribution in [0.3, 0.4) is 0 Å². The van der Waals surface area contributed by atoms with Crippen LogP contribution >= 0.6 is 0 Å². The normalized spacial score (nSPS) is 35.1. The van der Waals surface area contributed by atoms with E-state index in [2.05, 4.69) is 20.8 Å². The maximum absolute atomic E-state index is 13.1. The highest BCUT2D eigenvalue weighted by molar-refractivity contribution is 5.82. The molecule has 190 valence electrons. The van der Waals surface area contributed by atoms with Crippen LogP contribution in [-0.2, 0) is 19.1 Å². The Morgan fingerprint density at radius 1 is 0.636 bits per heavy atom. The van der Waals surface area contributed by atoms with E-state index in [1.807, 2.05) is 0 Å². The molecule has 0 N–H and O–H groups in total. The predicted molar refractivity (Wildman–Crippen MR) is 133 cm³/mol. The lowest BCUT2D eigenvalue weighted by molar-refractivity contribution is -0.167. The third-order valence-electron chi connectivity index (χ3n) is 9.05. The van der Waals surface area contributed by atoms with Gasteiger partial charge in [0, 0.05) is 0 Å². The second-order valence-corrected chi connectivity index (χ2v) is 11.7. The highest BCUT2D eigenvalue weighted by Crippen LogP contribution is 2.38. The molecule has 33 heavy (non-hydrogen) atoms. The number of rotatable bonds is 10. The molecule has 0 aromatic rings. The Morgan fingerprint density at radius 3 is 1.58 bits per heavy atom. The third-order valence-corrected chi connectivity index (χ3v) is 9.05. The Morgan fingerprint density at radius 2 is 1.09 bits per heavy atom. The second-order valence-electron chi connectivity index (χ2n) is 11.7. The van der Waals surface area contributed by atoms with Crippen LogP contribution in [-0.4, -0.2) is 25.2 Å². The minimum Gasteiger partial charge on any atom is -0.465 e. The lowest BCUT2D eigenvalue weighted by Gasteiger charge is -2.35. The summed E-state index contributed by atoms with van der Waals surface area (Å²) >= 11 is 0. The topological polar surface area (TPSA) is 52.6 Å². The van der Waals surface area contributed by atoms with Gasteiger partial charge in [0.25, 0.3) is 0 Å². The lowest BCUT2D eigenvalue weighted by Crippen LogP contribution is -2.40. The van der Waals surface area contributed by atoms with Gasteiger partial charge >= 0.3 is 11.9 Å². The molecule has 0 aromatic carbocycles. The molecule has 0 aliphatic heterocycles. The first-order valence-electron chi connectivity index (χ1n) is 14.3. The van der Waals surface area contributed by atoms with Crippen molar-refractivity contribution in [2.45, 2.75) is 117 Å². The Balaban J connectivity index is 1.44. The molecule has 4 nitrogen and oxygen atoms in total. The lowest BCUT2D eigenvalue weighted by atomic mass is 9.72. The molecule has 3 aliphatic rings. The van der Waals surface area contributed by atoms with Crippen LogP contribution in [0.5, 0.6) is 0 Å². The van der Waals surface area contributed by atoms with E-state index in [4.69, 9.17) is 9.47 Å². The third kappa shape index (κ3) is 7.99. The summed E-state index contributed by atoms with van der Waals surface area (Å²) in [5, 5.41) is 0. The fourth-order valence-electron chi connectivity index (χ4n) is 6.87. The molecule has 3 rings (SSSR count). The van der Waals surface area contributed by atoms with Gasteiger partial charge < -0.3 is 9.47 Å². The molecular weight excluding hydrogens is 412 g/mol. The summed E-state index contributed by atoms with van der Waals surface area (Å²) in [6.07, 6.45) is 17.7. The van der Waals surface area contributed by atoms with Gasteiger partial charge in [0.2, 0.25) is 0 Å². The molecule has 0 saturated heterocycles. The van der Waals surface area contributed by atoms with Crippen molar-refractivity contribution in [3.8, 4) is 0 Å². The predicted octanol–water partition coefficient (Wildman–Crippen LogP) is 7.34. The van der Waals surface area contributed by atoms with E-state index >= 15 is 0 Å². The number of carbonyl (C=O) groups is 2. The van der Waals surface area contributed by atoms with Crippen molar-refractivity contribution >= 4 is 11.9 Å². The zero-order valence-electron chi connectivity index (χ0n) is 21.7. The fraction of sp³-hybridized carbons (Fsp3) is 0.931. The summed E-state index contributed by atoms with van der Waals surface area (Å²) < 4.78 is 11.7. The van der Waals surface area contributed by atoms with Gasteiger partial charge in [-0.2, -0.15) is 0 Å². The Hall–Kier alpha value is -1.06. The van der Waals surface area contributed by atoms with E-state index in [9.17, 15) is 9.59 Å². The first kappa shape index (κ1) is 26.5. The van der Waals surface area contributed by atoms with Crippen molar-refractivity contribution < 1.29 is 19.1 Å². The van der Waals surface area contributed by atoms with Crippen molar-refractivity contribution in [3.05, 3.63) is 0 Å². The molecule has 3 aliphatic carbocycles. The van der Waals surface area contributed by atoms with Crippen LogP contribution in [0.1, 0.15) is 117 Å². The average molecular weight is 463 g/mol. The summed E-state index contributed by atoms with van der Waals surface area (Å²) in [6, 6.07) is 0. The van der Waals surface area contributed by atoms with Gasteiger partial charge in [-0.05, 0) is 68.1 Å². The first-order chi connectivity index (χ1) is 16.0. The Kier molecular flexibility index (Phi) is 11.0. The second kappa shape index (κ2) is 13.7. The smallest absolute Gasteiger partial charge is 0.310 e. The van der Waals surface area contributed by atoms with Gasteiger partial charge in [0.1, 0.15) is 0 Å². The summed E-state index contributed by atoms with van der Waals surface area (Å²) in [6.45, 7) is 7.70. The quantitative estimate of drug-likeness (QED) is 0.319. The zero-order valence-corrected chi connectivity index (χ0v) is 21.7. The van der Waals surface area contributed by atoms with Gasteiger partial charge in [-0.1, -0.05) is 78.6 Å². The van der Waals surface area contributed by atoms with Crippen molar-refractivity contribution in [1.82, 2.24) is 0 Å². The van der Waals surface area contributed by atoms with Crippen molar-refractivity contribution in [2.24, 2.45) is 41.4 Å². The van der Waals surface area contributed by atoms with E-state index in [1.165, 1.54) is 77.0 Å². The molecular formula is C29H50O4. The minimum atomic E-state index is -0.331. The maximum atomic E-state index is 13.1. The molecule has 0 aromatic heterocycles. The van der Waals surface area contributed by atoms with Crippen LogP contribution in [0.15, 0.2) is 0 Å². The molecule has 3 atom stereocenters. The number of esters is 2. The van der Waals surface area contributed by atoms with E-state index in [0.29, 0.717) is 25.0 Å². The van der Waals surface area contributed by atoms with Gasteiger partial charge in [0.05, 0.1) is 25.0 Å². The maximum Gasteiger partial charge on any atom is 0.310 e.